The van der Waals surface area contributed by atoms with E-state index in [1.165, 1.54) is 64.2 Å². The van der Waals surface area contributed by atoms with Crippen LogP contribution in [0.3, 0.4) is 0 Å². The lowest BCUT2D eigenvalue weighted by molar-refractivity contribution is -0.143. The number of hydrogen-bond donors (Lipinski definition) is 0. The summed E-state index contributed by atoms with van der Waals surface area (Å²) >= 11 is 0. The third-order valence-electron chi connectivity index (χ3n) is 14.9. The molecule has 0 aromatic heterocycles. The fraction of sp³-hybridized carbons (Fsp3) is 0.811. The average molecular weight is 533 g/mol. The van der Waals surface area contributed by atoms with Crippen molar-refractivity contribution < 1.29 is 9.53 Å². The van der Waals surface area contributed by atoms with Crippen LogP contribution in [-0.4, -0.2) is 12.1 Å². The van der Waals surface area contributed by atoms with Gasteiger partial charge in [-0.1, -0.05) is 79.5 Å². The van der Waals surface area contributed by atoms with Crippen molar-refractivity contribution in [2.45, 2.75) is 125 Å². The zero-order valence-electron chi connectivity index (χ0n) is 26.1. The van der Waals surface area contributed by atoms with Gasteiger partial charge in [0.1, 0.15) is 6.10 Å². The molecule has 0 heterocycles. The number of benzene rings is 1. The van der Waals surface area contributed by atoms with Crippen molar-refractivity contribution >= 4 is 5.97 Å². The van der Waals surface area contributed by atoms with E-state index in [9.17, 15) is 4.79 Å². The molecule has 2 spiro atoms. The molecule has 0 unspecified atom stereocenters. The first-order valence-corrected chi connectivity index (χ1v) is 16.8. The van der Waals surface area contributed by atoms with Crippen molar-refractivity contribution in [1.29, 1.82) is 0 Å². The van der Waals surface area contributed by atoms with Crippen LogP contribution in [0.2, 0.25) is 0 Å². The first kappa shape index (κ1) is 27.8. The Kier molecular flexibility index (Phi) is 6.87. The Hall–Kier alpha value is -1.31. The van der Waals surface area contributed by atoms with Crippen LogP contribution < -0.4 is 0 Å². The first-order valence-electron chi connectivity index (χ1n) is 16.8. The number of carbonyl (C=O) groups is 1. The normalized spacial score (nSPS) is 45.9. The van der Waals surface area contributed by atoms with Crippen LogP contribution in [0.5, 0.6) is 0 Å². The average Bonchev–Trinajstić information content (AvgIpc) is 3.51. The summed E-state index contributed by atoms with van der Waals surface area (Å²) in [4.78, 5) is 12.9. The highest BCUT2D eigenvalue weighted by Crippen LogP contribution is 2.88. The molecule has 5 fully saturated rings. The van der Waals surface area contributed by atoms with Gasteiger partial charge in [0.2, 0.25) is 0 Å². The summed E-state index contributed by atoms with van der Waals surface area (Å²) in [6.07, 6.45) is 15.3. The first-order chi connectivity index (χ1) is 18.5. The predicted molar refractivity (Wildman–Crippen MR) is 160 cm³/mol. The Morgan fingerprint density at radius 3 is 2.33 bits per heavy atom. The van der Waals surface area contributed by atoms with Gasteiger partial charge >= 0.3 is 5.97 Å². The summed E-state index contributed by atoms with van der Waals surface area (Å²) in [6, 6.07) is 9.61. The number of rotatable bonds is 7. The number of esters is 1. The van der Waals surface area contributed by atoms with E-state index in [1.807, 2.05) is 30.3 Å². The molecule has 1 aromatic rings. The maximum absolute atomic E-state index is 12.9. The molecule has 2 nitrogen and oxygen atoms in total. The van der Waals surface area contributed by atoms with Crippen LogP contribution in [0.4, 0.5) is 0 Å². The molecule has 0 radical (unpaired) electrons. The van der Waals surface area contributed by atoms with E-state index in [0.717, 1.165) is 41.9 Å². The van der Waals surface area contributed by atoms with Crippen LogP contribution in [-0.2, 0) is 4.74 Å². The van der Waals surface area contributed by atoms with Gasteiger partial charge in [-0.25, -0.2) is 4.79 Å². The molecule has 6 rings (SSSR count). The van der Waals surface area contributed by atoms with Gasteiger partial charge in [0.15, 0.2) is 0 Å². The molecule has 1 aromatic carbocycles. The van der Waals surface area contributed by atoms with E-state index >= 15 is 0 Å². The van der Waals surface area contributed by atoms with Crippen LogP contribution >= 0.6 is 0 Å². The number of ether oxygens (including phenoxy) is 1. The molecule has 5 saturated carbocycles. The minimum Gasteiger partial charge on any atom is -0.458 e. The van der Waals surface area contributed by atoms with Gasteiger partial charge in [0, 0.05) is 0 Å². The van der Waals surface area contributed by atoms with E-state index < -0.39 is 0 Å². The smallest absolute Gasteiger partial charge is 0.338 e. The molecule has 5 aliphatic rings. The second kappa shape index (κ2) is 9.62. The molecule has 0 saturated heterocycles. The SMILES string of the molecule is CC(C)[C@@H](C)CC[C@@H](C)[C@H]1CC[C@@]2(C)[C@@H]3CC[C@H]4[C@H](C)[C@@H](OC(=O)c5ccccc5)CC[C@@]45C[C@@]35CC[C@]12C. The Labute approximate surface area is 239 Å². The monoisotopic (exact) mass is 532 g/mol. The molecule has 39 heavy (non-hydrogen) atoms. The van der Waals surface area contributed by atoms with Crippen molar-refractivity contribution in [2.24, 2.45) is 63.1 Å². The standard InChI is InChI=1S/C37H56O2/c1-24(2)25(3)13-14-26(4)29-17-19-35(7)32-16-15-30-27(5)31(39-33(38)28-11-9-8-10-12-28)18-20-36(30)23-37(32,36)22-21-34(29,35)6/h8-12,24-27,29-32H,13-23H2,1-7H3/t25-,26+,27-,29+,30-,31-,32-,34+,35-,36+,37-/m0/s1. The largest absolute Gasteiger partial charge is 0.458 e. The molecule has 11 atom stereocenters. The van der Waals surface area contributed by atoms with Crippen molar-refractivity contribution in [3.05, 3.63) is 35.9 Å². The Morgan fingerprint density at radius 1 is 0.872 bits per heavy atom. The summed E-state index contributed by atoms with van der Waals surface area (Å²) in [5, 5.41) is 0. The summed E-state index contributed by atoms with van der Waals surface area (Å²) in [7, 11) is 0. The van der Waals surface area contributed by atoms with Crippen LogP contribution in [0.15, 0.2) is 30.3 Å². The molecule has 0 amide bonds. The van der Waals surface area contributed by atoms with Crippen LogP contribution in [0, 0.1) is 63.1 Å². The molecule has 216 valence electrons. The Bertz CT molecular complexity index is 1060. The molecule has 5 aliphatic carbocycles. The van der Waals surface area contributed by atoms with Gasteiger partial charge in [0.25, 0.3) is 0 Å². The highest BCUT2D eigenvalue weighted by Gasteiger charge is 2.81. The molecule has 2 heteroatoms. The molecular weight excluding hydrogens is 476 g/mol. The number of hydrogen-bond acceptors (Lipinski definition) is 2. The van der Waals surface area contributed by atoms with Crippen molar-refractivity contribution in [1.82, 2.24) is 0 Å². The van der Waals surface area contributed by atoms with E-state index in [1.54, 1.807) is 0 Å². The highest BCUT2D eigenvalue weighted by atomic mass is 16.5. The fourth-order valence-electron chi connectivity index (χ4n) is 12.0. The fourth-order valence-corrected chi connectivity index (χ4v) is 12.0. The van der Waals surface area contributed by atoms with Crippen molar-refractivity contribution in [2.75, 3.05) is 0 Å². The van der Waals surface area contributed by atoms with Gasteiger partial charge in [-0.3, -0.25) is 0 Å². The number of carbonyl (C=O) groups excluding carboxylic acids is 1. The maximum Gasteiger partial charge on any atom is 0.338 e. The van der Waals surface area contributed by atoms with Gasteiger partial charge in [-0.15, -0.1) is 0 Å². The number of fused-ring (bicyclic) bond motifs is 2. The van der Waals surface area contributed by atoms with Gasteiger partial charge in [0.05, 0.1) is 5.56 Å². The highest BCUT2D eigenvalue weighted by molar-refractivity contribution is 5.89. The lowest BCUT2D eigenvalue weighted by atomic mass is 9.43. The van der Waals surface area contributed by atoms with E-state index in [2.05, 4.69) is 48.5 Å². The summed E-state index contributed by atoms with van der Waals surface area (Å²) in [5.74, 6) is 5.39. The summed E-state index contributed by atoms with van der Waals surface area (Å²) in [6.45, 7) is 17.8. The minimum atomic E-state index is -0.127. The van der Waals surface area contributed by atoms with E-state index in [-0.39, 0.29) is 12.1 Å². The van der Waals surface area contributed by atoms with E-state index in [4.69, 9.17) is 4.74 Å². The lowest BCUT2D eigenvalue weighted by Gasteiger charge is -2.62. The quantitative estimate of drug-likeness (QED) is 0.327. The third kappa shape index (κ3) is 3.95. The molecular formula is C37H56O2. The topological polar surface area (TPSA) is 26.3 Å². The van der Waals surface area contributed by atoms with Gasteiger partial charge in [-0.05, 0) is 133 Å². The lowest BCUT2D eigenvalue weighted by Crippen LogP contribution is -2.56. The maximum atomic E-state index is 12.9. The Balaban J connectivity index is 1.17. The van der Waals surface area contributed by atoms with Crippen molar-refractivity contribution in [3.63, 3.8) is 0 Å². The van der Waals surface area contributed by atoms with Gasteiger partial charge in [-0.2, -0.15) is 0 Å². The summed E-state index contributed by atoms with van der Waals surface area (Å²) < 4.78 is 6.20. The van der Waals surface area contributed by atoms with Crippen LogP contribution in [0.25, 0.3) is 0 Å². The Morgan fingerprint density at radius 2 is 1.62 bits per heavy atom. The van der Waals surface area contributed by atoms with Gasteiger partial charge < -0.3 is 4.74 Å². The zero-order chi connectivity index (χ0) is 27.8. The molecule has 0 bridgehead atoms. The van der Waals surface area contributed by atoms with E-state index in [0.29, 0.717) is 33.1 Å². The zero-order valence-corrected chi connectivity index (χ0v) is 26.1. The molecule has 0 aliphatic heterocycles. The summed E-state index contributed by atoms with van der Waals surface area (Å²) in [5.41, 5.74) is 2.82. The third-order valence-corrected chi connectivity index (χ3v) is 14.9. The van der Waals surface area contributed by atoms with Crippen LogP contribution in [0.1, 0.15) is 129 Å². The molecule has 0 N–H and O–H groups in total. The predicted octanol–water partition coefficient (Wildman–Crippen LogP) is 9.97. The second-order valence-corrected chi connectivity index (χ2v) is 16.2. The minimum absolute atomic E-state index is 0.0805. The second-order valence-electron chi connectivity index (χ2n) is 16.2. The van der Waals surface area contributed by atoms with Crippen molar-refractivity contribution in [3.8, 4) is 0 Å².